The SMILES string of the molecule is C=C(OC(=N)c1ccc(-c2ccc(-c3nnc(-c4cccc5ccccc45)o3)c(C)c2)cc1C)c1cccc2ccccc12. The minimum Gasteiger partial charge on any atom is -0.439 e. The lowest BCUT2D eigenvalue weighted by Gasteiger charge is -2.14. The number of nitrogens with zero attached hydrogens (tertiary/aromatic N) is 2. The van der Waals surface area contributed by atoms with Gasteiger partial charge in [0.05, 0.1) is 0 Å². The average molecular weight is 572 g/mol. The van der Waals surface area contributed by atoms with E-state index in [9.17, 15) is 0 Å². The van der Waals surface area contributed by atoms with Gasteiger partial charge in [-0.2, -0.15) is 0 Å². The Morgan fingerprint density at radius 1 is 0.614 bits per heavy atom. The highest BCUT2D eigenvalue weighted by atomic mass is 16.5. The molecule has 0 aliphatic heterocycles. The quantitative estimate of drug-likeness (QED) is 0.122. The molecule has 1 aromatic heterocycles. The molecule has 1 N–H and O–H groups in total. The number of aryl methyl sites for hydroxylation is 2. The van der Waals surface area contributed by atoms with Gasteiger partial charge >= 0.3 is 0 Å². The fourth-order valence-electron chi connectivity index (χ4n) is 5.74. The van der Waals surface area contributed by atoms with Crippen molar-refractivity contribution in [2.45, 2.75) is 13.8 Å². The summed E-state index contributed by atoms with van der Waals surface area (Å²) < 4.78 is 12.1. The van der Waals surface area contributed by atoms with E-state index in [1.165, 1.54) is 0 Å². The zero-order chi connectivity index (χ0) is 30.2. The van der Waals surface area contributed by atoms with E-state index in [0.29, 0.717) is 17.5 Å². The van der Waals surface area contributed by atoms with E-state index in [2.05, 4.69) is 65.3 Å². The van der Waals surface area contributed by atoms with Crippen LogP contribution >= 0.6 is 0 Å². The molecule has 0 saturated heterocycles. The molecule has 7 aromatic rings. The molecule has 212 valence electrons. The number of benzene rings is 6. The van der Waals surface area contributed by atoms with Gasteiger partial charge < -0.3 is 9.15 Å². The first-order valence-electron chi connectivity index (χ1n) is 14.4. The van der Waals surface area contributed by atoms with Gasteiger partial charge in [0.2, 0.25) is 17.7 Å². The zero-order valence-electron chi connectivity index (χ0n) is 24.5. The van der Waals surface area contributed by atoms with Gasteiger partial charge in [-0.25, -0.2) is 0 Å². The minimum atomic E-state index is 0.0666. The van der Waals surface area contributed by atoms with Crippen LogP contribution in [0.3, 0.4) is 0 Å². The van der Waals surface area contributed by atoms with E-state index in [0.717, 1.165) is 66.1 Å². The summed E-state index contributed by atoms with van der Waals surface area (Å²) in [6.07, 6.45) is 0. The van der Waals surface area contributed by atoms with Gasteiger partial charge in [0, 0.05) is 22.3 Å². The first-order valence-corrected chi connectivity index (χ1v) is 14.4. The maximum atomic E-state index is 8.69. The predicted molar refractivity (Wildman–Crippen MR) is 178 cm³/mol. The maximum Gasteiger partial charge on any atom is 0.248 e. The molecule has 5 heteroatoms. The molecule has 0 radical (unpaired) electrons. The van der Waals surface area contributed by atoms with Crippen molar-refractivity contribution >= 4 is 33.2 Å². The Bertz CT molecular complexity index is 2220. The topological polar surface area (TPSA) is 72.0 Å². The molecule has 6 aromatic carbocycles. The van der Waals surface area contributed by atoms with Gasteiger partial charge in [0.1, 0.15) is 5.76 Å². The molecule has 0 atom stereocenters. The summed E-state index contributed by atoms with van der Waals surface area (Å²) in [6, 6.07) is 40.6. The fourth-order valence-corrected chi connectivity index (χ4v) is 5.74. The average Bonchev–Trinajstić information content (AvgIpc) is 3.54. The highest BCUT2D eigenvalue weighted by Crippen LogP contribution is 2.33. The molecular formula is C39H29N3O2. The van der Waals surface area contributed by atoms with Gasteiger partial charge in [0.15, 0.2) is 0 Å². The predicted octanol–water partition coefficient (Wildman–Crippen LogP) is 10.0. The van der Waals surface area contributed by atoms with E-state index in [4.69, 9.17) is 14.6 Å². The van der Waals surface area contributed by atoms with Gasteiger partial charge in [0.25, 0.3) is 0 Å². The van der Waals surface area contributed by atoms with Crippen molar-refractivity contribution in [1.82, 2.24) is 10.2 Å². The number of ether oxygens (including phenoxy) is 1. The normalized spacial score (nSPS) is 11.1. The number of rotatable bonds is 6. The Balaban J connectivity index is 1.11. The molecule has 0 fully saturated rings. The van der Waals surface area contributed by atoms with Crippen molar-refractivity contribution in [3.05, 3.63) is 150 Å². The highest BCUT2D eigenvalue weighted by Gasteiger charge is 2.16. The van der Waals surface area contributed by atoms with Crippen LogP contribution in [0.1, 0.15) is 22.3 Å². The van der Waals surface area contributed by atoms with Crippen LogP contribution in [0.4, 0.5) is 0 Å². The van der Waals surface area contributed by atoms with Crippen LogP contribution in [0.5, 0.6) is 0 Å². The lowest BCUT2D eigenvalue weighted by Crippen LogP contribution is -2.06. The molecule has 5 nitrogen and oxygen atoms in total. The van der Waals surface area contributed by atoms with Crippen molar-refractivity contribution in [2.75, 3.05) is 0 Å². The number of hydrogen-bond donors (Lipinski definition) is 1. The molecular weight excluding hydrogens is 542 g/mol. The van der Waals surface area contributed by atoms with E-state index in [1.54, 1.807) is 0 Å². The molecule has 44 heavy (non-hydrogen) atoms. The Morgan fingerprint density at radius 3 is 1.93 bits per heavy atom. The fraction of sp³-hybridized carbons (Fsp3) is 0.0513. The molecule has 7 rings (SSSR count). The molecule has 0 aliphatic rings. The maximum absolute atomic E-state index is 8.69. The minimum absolute atomic E-state index is 0.0666. The van der Waals surface area contributed by atoms with E-state index < -0.39 is 0 Å². The first-order chi connectivity index (χ1) is 21.5. The third-order valence-electron chi connectivity index (χ3n) is 8.02. The van der Waals surface area contributed by atoms with Crippen LogP contribution < -0.4 is 0 Å². The molecule has 0 unspecified atom stereocenters. The summed E-state index contributed by atoms with van der Waals surface area (Å²) in [5.41, 5.74) is 7.48. The summed E-state index contributed by atoms with van der Waals surface area (Å²) in [5.74, 6) is 1.50. The van der Waals surface area contributed by atoms with Crippen molar-refractivity contribution in [3.63, 3.8) is 0 Å². The van der Waals surface area contributed by atoms with Crippen LogP contribution in [0.15, 0.2) is 132 Å². The van der Waals surface area contributed by atoms with Crippen LogP contribution in [0.25, 0.3) is 61.3 Å². The number of aromatic nitrogens is 2. The molecule has 0 saturated carbocycles. The third kappa shape index (κ3) is 4.95. The number of hydrogen-bond acceptors (Lipinski definition) is 5. The monoisotopic (exact) mass is 571 g/mol. The number of fused-ring (bicyclic) bond motifs is 2. The lowest BCUT2D eigenvalue weighted by molar-refractivity contribution is 0.506. The number of nitrogens with one attached hydrogen (secondary N) is 1. The van der Waals surface area contributed by atoms with E-state index in [-0.39, 0.29) is 5.90 Å². The summed E-state index contributed by atoms with van der Waals surface area (Å²) in [7, 11) is 0. The van der Waals surface area contributed by atoms with Gasteiger partial charge in [-0.3, -0.25) is 5.41 Å². The largest absolute Gasteiger partial charge is 0.439 e. The zero-order valence-corrected chi connectivity index (χ0v) is 24.5. The van der Waals surface area contributed by atoms with Crippen LogP contribution in [-0.2, 0) is 4.74 Å². The van der Waals surface area contributed by atoms with E-state index in [1.807, 2.05) is 86.6 Å². The van der Waals surface area contributed by atoms with Crippen molar-refractivity contribution in [1.29, 1.82) is 5.41 Å². The van der Waals surface area contributed by atoms with Crippen LogP contribution in [0.2, 0.25) is 0 Å². The Morgan fingerprint density at radius 2 is 1.20 bits per heavy atom. The van der Waals surface area contributed by atoms with Crippen LogP contribution in [-0.4, -0.2) is 16.1 Å². The summed E-state index contributed by atoms with van der Waals surface area (Å²) in [6.45, 7) is 8.17. The summed E-state index contributed by atoms with van der Waals surface area (Å²) >= 11 is 0. The van der Waals surface area contributed by atoms with Gasteiger partial charge in [-0.05, 0) is 75.8 Å². The second-order valence-corrected chi connectivity index (χ2v) is 10.9. The van der Waals surface area contributed by atoms with Crippen molar-refractivity contribution in [3.8, 4) is 34.0 Å². The second-order valence-electron chi connectivity index (χ2n) is 10.9. The molecule has 0 amide bonds. The highest BCUT2D eigenvalue weighted by molar-refractivity contribution is 6.00. The smallest absolute Gasteiger partial charge is 0.248 e. The molecule has 1 heterocycles. The molecule has 0 aliphatic carbocycles. The van der Waals surface area contributed by atoms with Gasteiger partial charge in [-0.15, -0.1) is 10.2 Å². The summed E-state index contributed by atoms with van der Waals surface area (Å²) in [5, 5.41) is 21.8. The Hall–Kier alpha value is -5.81. The molecule has 0 bridgehead atoms. The first kappa shape index (κ1) is 27.0. The van der Waals surface area contributed by atoms with E-state index >= 15 is 0 Å². The third-order valence-corrected chi connectivity index (χ3v) is 8.02. The lowest BCUT2D eigenvalue weighted by atomic mass is 9.96. The Labute approximate surface area is 255 Å². The van der Waals surface area contributed by atoms with Crippen molar-refractivity contribution in [2.24, 2.45) is 0 Å². The van der Waals surface area contributed by atoms with Gasteiger partial charge in [-0.1, -0.05) is 110 Å². The summed E-state index contributed by atoms with van der Waals surface area (Å²) in [4.78, 5) is 0. The Kier molecular flexibility index (Phi) is 6.83. The van der Waals surface area contributed by atoms with Crippen LogP contribution in [0, 0.1) is 19.3 Å². The molecule has 0 spiro atoms. The second kappa shape index (κ2) is 11.1. The van der Waals surface area contributed by atoms with Crippen molar-refractivity contribution < 1.29 is 9.15 Å². The standard InChI is InChI=1S/C39H29N3O2/c1-24-22-29(18-20-31(24)37(40)43-26(3)33-16-8-12-27-10-4-6-14-34(27)33)30-19-21-32(25(2)23-30)38-41-42-39(44-38)36-17-9-13-28-11-5-7-15-35(28)36/h4-23,40H,3H2,1-2H3.